The van der Waals surface area contributed by atoms with Gasteiger partial charge in [-0.15, -0.1) is 12.4 Å². The van der Waals surface area contributed by atoms with E-state index in [4.69, 9.17) is 10.5 Å². The summed E-state index contributed by atoms with van der Waals surface area (Å²) in [6.45, 7) is 1.67. The minimum absolute atomic E-state index is 0. The van der Waals surface area contributed by atoms with Crippen LogP contribution in [0.4, 0.5) is 4.39 Å². The predicted molar refractivity (Wildman–Crippen MR) is 91.2 cm³/mol. The number of morpholine rings is 1. The SMILES string of the molecule is Cl.NC1C2CCC(C2)C1C(=O)N1CCOC(c2ccc(F)cc2)C1. The van der Waals surface area contributed by atoms with Crippen LogP contribution in [0.15, 0.2) is 24.3 Å². The molecule has 0 radical (unpaired) electrons. The number of carbonyl (C=O) groups excluding carboxylic acids is 1. The minimum Gasteiger partial charge on any atom is -0.370 e. The number of halogens is 2. The molecule has 2 bridgehead atoms. The van der Waals surface area contributed by atoms with Crippen LogP contribution >= 0.6 is 12.4 Å². The van der Waals surface area contributed by atoms with Crippen molar-refractivity contribution < 1.29 is 13.9 Å². The summed E-state index contributed by atoms with van der Waals surface area (Å²) in [5, 5.41) is 0. The third kappa shape index (κ3) is 3.05. The molecule has 1 amide bonds. The van der Waals surface area contributed by atoms with Gasteiger partial charge in [-0.1, -0.05) is 12.1 Å². The van der Waals surface area contributed by atoms with Crippen LogP contribution in [-0.4, -0.2) is 36.5 Å². The van der Waals surface area contributed by atoms with Crippen LogP contribution in [0.1, 0.15) is 30.9 Å². The molecule has 0 aromatic heterocycles. The highest BCUT2D eigenvalue weighted by Gasteiger charge is 2.50. The normalized spacial score (nSPS) is 34.9. The third-order valence-corrected chi connectivity index (χ3v) is 5.89. The second-order valence-electron chi connectivity index (χ2n) is 7.13. The molecule has 5 atom stereocenters. The van der Waals surface area contributed by atoms with Crippen LogP contribution in [0.25, 0.3) is 0 Å². The fraction of sp³-hybridized carbons (Fsp3) is 0.611. The van der Waals surface area contributed by atoms with Crippen molar-refractivity contribution in [1.29, 1.82) is 0 Å². The van der Waals surface area contributed by atoms with Gasteiger partial charge in [0.25, 0.3) is 0 Å². The van der Waals surface area contributed by atoms with Crippen LogP contribution < -0.4 is 5.73 Å². The van der Waals surface area contributed by atoms with E-state index in [9.17, 15) is 9.18 Å². The number of carbonyl (C=O) groups is 1. The quantitative estimate of drug-likeness (QED) is 0.887. The first-order valence-electron chi connectivity index (χ1n) is 8.55. The lowest BCUT2D eigenvalue weighted by molar-refractivity contribution is -0.145. The number of hydrogen-bond donors (Lipinski definition) is 1. The molecule has 4 nitrogen and oxygen atoms in total. The highest BCUT2D eigenvalue weighted by molar-refractivity contribution is 5.85. The first-order chi connectivity index (χ1) is 11.1. The Morgan fingerprint density at radius 2 is 1.92 bits per heavy atom. The van der Waals surface area contributed by atoms with Crippen molar-refractivity contribution in [2.75, 3.05) is 19.7 Å². The summed E-state index contributed by atoms with van der Waals surface area (Å²) < 4.78 is 18.9. The lowest BCUT2D eigenvalue weighted by atomic mass is 9.84. The number of hydrogen-bond acceptors (Lipinski definition) is 3. The molecule has 5 unspecified atom stereocenters. The van der Waals surface area contributed by atoms with E-state index in [-0.39, 0.29) is 42.2 Å². The summed E-state index contributed by atoms with van der Waals surface area (Å²) in [5.74, 6) is 0.920. The Labute approximate surface area is 147 Å². The Kier molecular flexibility index (Phi) is 5.13. The Hall–Kier alpha value is -1.17. The maximum atomic E-state index is 13.1. The second-order valence-corrected chi connectivity index (χ2v) is 7.13. The maximum Gasteiger partial charge on any atom is 0.227 e. The number of nitrogens with zero attached hydrogens (tertiary/aromatic N) is 1. The molecule has 132 valence electrons. The zero-order chi connectivity index (χ0) is 16.0. The highest BCUT2D eigenvalue weighted by atomic mass is 35.5. The van der Waals surface area contributed by atoms with E-state index < -0.39 is 0 Å². The van der Waals surface area contributed by atoms with E-state index in [1.54, 1.807) is 12.1 Å². The van der Waals surface area contributed by atoms with Crippen molar-refractivity contribution in [3.05, 3.63) is 35.6 Å². The van der Waals surface area contributed by atoms with Gasteiger partial charge in [0.15, 0.2) is 0 Å². The number of rotatable bonds is 2. The van der Waals surface area contributed by atoms with E-state index in [1.165, 1.54) is 18.6 Å². The lowest BCUT2D eigenvalue weighted by Gasteiger charge is -2.37. The Morgan fingerprint density at radius 3 is 2.58 bits per heavy atom. The maximum absolute atomic E-state index is 13.1. The molecular weight excluding hydrogens is 331 g/mol. The molecule has 1 aromatic carbocycles. The summed E-state index contributed by atoms with van der Waals surface area (Å²) in [6.07, 6.45) is 3.25. The Morgan fingerprint density at radius 1 is 1.21 bits per heavy atom. The molecule has 1 saturated heterocycles. The van der Waals surface area contributed by atoms with Gasteiger partial charge in [-0.3, -0.25) is 4.79 Å². The number of fused-ring (bicyclic) bond motifs is 2. The van der Waals surface area contributed by atoms with Crippen molar-refractivity contribution in [2.45, 2.75) is 31.4 Å². The number of ether oxygens (including phenoxy) is 1. The molecule has 3 fully saturated rings. The molecule has 2 saturated carbocycles. The lowest BCUT2D eigenvalue weighted by Crippen LogP contribution is -2.50. The Bertz CT molecular complexity index is 595. The van der Waals surface area contributed by atoms with Crippen LogP contribution in [0.2, 0.25) is 0 Å². The van der Waals surface area contributed by atoms with Gasteiger partial charge in [-0.25, -0.2) is 4.39 Å². The van der Waals surface area contributed by atoms with Crippen molar-refractivity contribution >= 4 is 18.3 Å². The molecule has 1 aliphatic heterocycles. The van der Waals surface area contributed by atoms with Gasteiger partial charge >= 0.3 is 0 Å². The van der Waals surface area contributed by atoms with Gasteiger partial charge in [0.05, 0.1) is 19.1 Å². The summed E-state index contributed by atoms with van der Waals surface area (Å²) in [5.41, 5.74) is 7.23. The van der Waals surface area contributed by atoms with Gasteiger partial charge in [0.2, 0.25) is 5.91 Å². The summed E-state index contributed by atoms with van der Waals surface area (Å²) in [6, 6.07) is 6.36. The topological polar surface area (TPSA) is 55.6 Å². The van der Waals surface area contributed by atoms with Crippen LogP contribution in [0, 0.1) is 23.6 Å². The van der Waals surface area contributed by atoms with Crippen molar-refractivity contribution in [3.8, 4) is 0 Å². The number of amides is 1. The molecule has 6 heteroatoms. The largest absolute Gasteiger partial charge is 0.370 e. The van der Waals surface area contributed by atoms with Crippen LogP contribution in [0.5, 0.6) is 0 Å². The molecular formula is C18H24ClFN2O2. The Balaban J connectivity index is 0.00000169. The highest BCUT2D eigenvalue weighted by Crippen LogP contribution is 2.48. The number of nitrogens with two attached hydrogens (primary N) is 1. The van der Waals surface area contributed by atoms with Crippen molar-refractivity contribution in [2.24, 2.45) is 23.5 Å². The van der Waals surface area contributed by atoms with Gasteiger partial charge < -0.3 is 15.4 Å². The van der Waals surface area contributed by atoms with Gasteiger partial charge in [-0.05, 0) is 48.8 Å². The average Bonchev–Trinajstić information content (AvgIpc) is 3.16. The predicted octanol–water partition coefficient (Wildman–Crippen LogP) is 2.52. The number of benzene rings is 1. The van der Waals surface area contributed by atoms with E-state index in [0.717, 1.165) is 18.4 Å². The smallest absolute Gasteiger partial charge is 0.227 e. The van der Waals surface area contributed by atoms with E-state index in [1.807, 2.05) is 4.90 Å². The fourth-order valence-corrected chi connectivity index (χ4v) is 4.64. The van der Waals surface area contributed by atoms with Crippen molar-refractivity contribution in [1.82, 2.24) is 4.90 Å². The zero-order valence-electron chi connectivity index (χ0n) is 13.6. The molecule has 1 heterocycles. The van der Waals surface area contributed by atoms with Gasteiger partial charge in [0, 0.05) is 12.6 Å². The summed E-state index contributed by atoms with van der Waals surface area (Å²) in [7, 11) is 0. The van der Waals surface area contributed by atoms with Crippen LogP contribution in [-0.2, 0) is 9.53 Å². The molecule has 0 spiro atoms. The summed E-state index contributed by atoms with van der Waals surface area (Å²) >= 11 is 0. The van der Waals surface area contributed by atoms with E-state index in [0.29, 0.717) is 31.5 Å². The van der Waals surface area contributed by atoms with Gasteiger partial charge in [0.1, 0.15) is 11.9 Å². The molecule has 4 rings (SSSR count). The second kappa shape index (κ2) is 6.98. The molecule has 2 N–H and O–H groups in total. The first kappa shape index (κ1) is 17.6. The van der Waals surface area contributed by atoms with Gasteiger partial charge in [-0.2, -0.15) is 0 Å². The van der Waals surface area contributed by atoms with E-state index >= 15 is 0 Å². The fourth-order valence-electron chi connectivity index (χ4n) is 4.64. The monoisotopic (exact) mass is 354 g/mol. The van der Waals surface area contributed by atoms with Crippen molar-refractivity contribution in [3.63, 3.8) is 0 Å². The average molecular weight is 355 g/mol. The van der Waals surface area contributed by atoms with Crippen LogP contribution in [0.3, 0.4) is 0 Å². The molecule has 3 aliphatic rings. The molecule has 2 aliphatic carbocycles. The summed E-state index contributed by atoms with van der Waals surface area (Å²) in [4.78, 5) is 14.9. The first-order valence-corrected chi connectivity index (χ1v) is 8.55. The third-order valence-electron chi connectivity index (χ3n) is 5.89. The minimum atomic E-state index is -0.259. The molecule has 24 heavy (non-hydrogen) atoms. The standard InChI is InChI=1S/C18H23FN2O2.ClH/c19-14-5-3-11(4-6-14)15-10-21(7-8-23-15)18(22)16-12-1-2-13(9-12)17(16)20;/h3-6,12-13,15-17H,1-2,7-10,20H2;1H. The van der Waals surface area contributed by atoms with E-state index in [2.05, 4.69) is 0 Å². The zero-order valence-corrected chi connectivity index (χ0v) is 14.4. The molecule has 1 aromatic rings.